The van der Waals surface area contributed by atoms with Gasteiger partial charge in [0.15, 0.2) is 5.82 Å². The number of aryl methyl sites for hydroxylation is 1. The summed E-state index contributed by atoms with van der Waals surface area (Å²) in [5.74, 6) is 1.57. The number of hydrogen-bond donors (Lipinski definition) is 1. The summed E-state index contributed by atoms with van der Waals surface area (Å²) in [6.45, 7) is 4.64. The fourth-order valence-corrected chi connectivity index (χ4v) is 1.59. The lowest BCUT2D eigenvalue weighted by atomic mass is 10.1. The third-order valence-electron chi connectivity index (χ3n) is 2.40. The Kier molecular flexibility index (Phi) is 3.23. The Hall–Kier alpha value is -2.10. The van der Waals surface area contributed by atoms with E-state index >= 15 is 0 Å². The van der Waals surface area contributed by atoms with Gasteiger partial charge in [0, 0.05) is 5.56 Å². The van der Waals surface area contributed by atoms with Crippen LogP contribution in [-0.4, -0.2) is 16.6 Å². The molecule has 17 heavy (non-hydrogen) atoms. The lowest BCUT2D eigenvalue weighted by Crippen LogP contribution is -1.96. The minimum atomic E-state index is 0.566. The van der Waals surface area contributed by atoms with Crippen molar-refractivity contribution in [1.29, 1.82) is 0 Å². The summed E-state index contributed by atoms with van der Waals surface area (Å²) in [4.78, 5) is 8.38. The van der Waals surface area contributed by atoms with Gasteiger partial charge in [0.25, 0.3) is 0 Å². The van der Waals surface area contributed by atoms with E-state index < -0.39 is 0 Å². The Morgan fingerprint density at radius 3 is 2.53 bits per heavy atom. The zero-order chi connectivity index (χ0) is 12.3. The van der Waals surface area contributed by atoms with Crippen molar-refractivity contribution in [2.24, 2.45) is 0 Å². The molecule has 2 aromatic rings. The standard InChI is InChI=1S/C13H15N3O/c1-3-17-12-5-4-10(6-9(12)2)13-15-7-11(14)8-16-13/h4-8H,3,14H2,1-2H3. The second-order valence-electron chi connectivity index (χ2n) is 3.75. The van der Waals surface area contributed by atoms with Gasteiger partial charge < -0.3 is 10.5 Å². The molecule has 0 aliphatic rings. The fourth-order valence-electron chi connectivity index (χ4n) is 1.59. The van der Waals surface area contributed by atoms with Gasteiger partial charge in [0.05, 0.1) is 24.7 Å². The van der Waals surface area contributed by atoms with Gasteiger partial charge in [-0.2, -0.15) is 0 Å². The highest BCUT2D eigenvalue weighted by atomic mass is 16.5. The van der Waals surface area contributed by atoms with Crippen LogP contribution >= 0.6 is 0 Å². The highest BCUT2D eigenvalue weighted by Gasteiger charge is 2.04. The monoisotopic (exact) mass is 229 g/mol. The van der Waals surface area contributed by atoms with Crippen LogP contribution in [0.4, 0.5) is 5.69 Å². The van der Waals surface area contributed by atoms with Crippen molar-refractivity contribution in [3.05, 3.63) is 36.2 Å². The number of nitrogen functional groups attached to an aromatic ring is 1. The maximum Gasteiger partial charge on any atom is 0.159 e. The molecule has 2 rings (SSSR count). The molecule has 88 valence electrons. The van der Waals surface area contributed by atoms with Crippen molar-refractivity contribution in [1.82, 2.24) is 9.97 Å². The minimum Gasteiger partial charge on any atom is -0.494 e. The molecule has 1 aromatic carbocycles. The van der Waals surface area contributed by atoms with Crippen molar-refractivity contribution in [3.8, 4) is 17.1 Å². The molecule has 0 amide bonds. The summed E-state index contributed by atoms with van der Waals surface area (Å²) in [7, 11) is 0. The molecule has 0 fully saturated rings. The van der Waals surface area contributed by atoms with Crippen LogP contribution in [0.2, 0.25) is 0 Å². The second kappa shape index (κ2) is 4.82. The number of ether oxygens (including phenoxy) is 1. The van der Waals surface area contributed by atoms with Crippen molar-refractivity contribution >= 4 is 5.69 Å². The van der Waals surface area contributed by atoms with E-state index in [1.165, 1.54) is 0 Å². The minimum absolute atomic E-state index is 0.566. The normalized spacial score (nSPS) is 10.2. The second-order valence-corrected chi connectivity index (χ2v) is 3.75. The molecular weight excluding hydrogens is 214 g/mol. The van der Waals surface area contributed by atoms with Crippen molar-refractivity contribution in [2.75, 3.05) is 12.3 Å². The van der Waals surface area contributed by atoms with Gasteiger partial charge in [-0.25, -0.2) is 9.97 Å². The Balaban J connectivity index is 2.34. The summed E-state index contributed by atoms with van der Waals surface area (Å²) < 4.78 is 5.49. The molecule has 0 atom stereocenters. The van der Waals surface area contributed by atoms with E-state index in [0.717, 1.165) is 16.9 Å². The molecular formula is C13H15N3O. The lowest BCUT2D eigenvalue weighted by Gasteiger charge is -2.08. The molecule has 4 nitrogen and oxygen atoms in total. The zero-order valence-corrected chi connectivity index (χ0v) is 9.97. The quantitative estimate of drug-likeness (QED) is 0.878. The van der Waals surface area contributed by atoms with Gasteiger partial charge >= 0.3 is 0 Å². The Morgan fingerprint density at radius 2 is 1.94 bits per heavy atom. The zero-order valence-electron chi connectivity index (χ0n) is 9.97. The van der Waals surface area contributed by atoms with Crippen LogP contribution in [0.25, 0.3) is 11.4 Å². The van der Waals surface area contributed by atoms with E-state index in [0.29, 0.717) is 18.1 Å². The van der Waals surface area contributed by atoms with Crippen molar-refractivity contribution in [3.63, 3.8) is 0 Å². The van der Waals surface area contributed by atoms with Gasteiger partial charge in [-0.3, -0.25) is 0 Å². The van der Waals surface area contributed by atoms with E-state index in [2.05, 4.69) is 9.97 Å². The molecule has 1 aromatic heterocycles. The number of hydrogen-bond acceptors (Lipinski definition) is 4. The Labute approximate surface area is 100 Å². The summed E-state index contributed by atoms with van der Waals surface area (Å²) in [6.07, 6.45) is 3.21. The Morgan fingerprint density at radius 1 is 1.24 bits per heavy atom. The summed E-state index contributed by atoms with van der Waals surface area (Å²) in [6, 6.07) is 5.90. The molecule has 0 unspecified atom stereocenters. The summed E-state index contributed by atoms with van der Waals surface area (Å²) in [5.41, 5.74) is 8.16. The molecule has 0 bridgehead atoms. The van der Waals surface area contributed by atoms with Crippen molar-refractivity contribution in [2.45, 2.75) is 13.8 Å². The predicted octanol–water partition coefficient (Wildman–Crippen LogP) is 2.43. The van der Waals surface area contributed by atoms with Gasteiger partial charge in [0.2, 0.25) is 0 Å². The van der Waals surface area contributed by atoms with Gasteiger partial charge in [0.1, 0.15) is 5.75 Å². The Bertz CT molecular complexity index is 509. The SMILES string of the molecule is CCOc1ccc(-c2ncc(N)cn2)cc1C. The first kappa shape index (κ1) is 11.4. The van der Waals surface area contributed by atoms with E-state index in [4.69, 9.17) is 10.5 Å². The molecule has 2 N–H and O–H groups in total. The third-order valence-corrected chi connectivity index (χ3v) is 2.40. The first-order valence-corrected chi connectivity index (χ1v) is 5.52. The number of nitrogens with zero attached hydrogens (tertiary/aromatic N) is 2. The maximum absolute atomic E-state index is 5.55. The van der Waals surface area contributed by atoms with Crippen LogP contribution in [0.1, 0.15) is 12.5 Å². The third kappa shape index (κ3) is 2.53. The number of nitrogens with two attached hydrogens (primary N) is 1. The van der Waals surface area contributed by atoms with Crippen LogP contribution in [-0.2, 0) is 0 Å². The number of rotatable bonds is 3. The average Bonchev–Trinajstić information content (AvgIpc) is 2.33. The maximum atomic E-state index is 5.55. The predicted molar refractivity (Wildman–Crippen MR) is 67.8 cm³/mol. The first-order chi connectivity index (χ1) is 8.20. The molecule has 0 saturated carbocycles. The number of aromatic nitrogens is 2. The molecule has 0 radical (unpaired) electrons. The fraction of sp³-hybridized carbons (Fsp3) is 0.231. The van der Waals surface area contributed by atoms with Gasteiger partial charge in [-0.1, -0.05) is 0 Å². The number of benzene rings is 1. The molecule has 0 spiro atoms. The molecule has 0 aliphatic heterocycles. The smallest absolute Gasteiger partial charge is 0.159 e. The molecule has 0 aliphatic carbocycles. The lowest BCUT2D eigenvalue weighted by molar-refractivity contribution is 0.338. The molecule has 1 heterocycles. The topological polar surface area (TPSA) is 61.0 Å². The average molecular weight is 229 g/mol. The van der Waals surface area contributed by atoms with Crippen LogP contribution < -0.4 is 10.5 Å². The van der Waals surface area contributed by atoms with Crippen LogP contribution in [0.15, 0.2) is 30.6 Å². The van der Waals surface area contributed by atoms with E-state index in [1.807, 2.05) is 32.0 Å². The highest BCUT2D eigenvalue weighted by molar-refractivity contribution is 5.59. The van der Waals surface area contributed by atoms with Gasteiger partial charge in [-0.15, -0.1) is 0 Å². The van der Waals surface area contributed by atoms with Crippen molar-refractivity contribution < 1.29 is 4.74 Å². The first-order valence-electron chi connectivity index (χ1n) is 5.52. The summed E-state index contributed by atoms with van der Waals surface area (Å²) >= 11 is 0. The van der Waals surface area contributed by atoms with E-state index in [-0.39, 0.29) is 0 Å². The summed E-state index contributed by atoms with van der Waals surface area (Å²) in [5, 5.41) is 0. The van der Waals surface area contributed by atoms with E-state index in [9.17, 15) is 0 Å². The molecule has 4 heteroatoms. The number of anilines is 1. The largest absolute Gasteiger partial charge is 0.494 e. The van der Waals surface area contributed by atoms with Crippen LogP contribution in [0.5, 0.6) is 5.75 Å². The van der Waals surface area contributed by atoms with Crippen LogP contribution in [0.3, 0.4) is 0 Å². The molecule has 0 saturated heterocycles. The van der Waals surface area contributed by atoms with Crippen LogP contribution in [0, 0.1) is 6.92 Å². The van der Waals surface area contributed by atoms with E-state index in [1.54, 1.807) is 12.4 Å². The van der Waals surface area contributed by atoms with Gasteiger partial charge in [-0.05, 0) is 37.6 Å². The highest BCUT2D eigenvalue weighted by Crippen LogP contribution is 2.24.